The average Bonchev–Trinajstić information content (AvgIpc) is 3.24. The molecule has 0 aliphatic rings. The summed E-state index contributed by atoms with van der Waals surface area (Å²) < 4.78 is 1.67. The van der Waals surface area contributed by atoms with Gasteiger partial charge in [-0.2, -0.15) is 5.10 Å². The van der Waals surface area contributed by atoms with Crippen LogP contribution in [0.15, 0.2) is 29.9 Å². The summed E-state index contributed by atoms with van der Waals surface area (Å²) in [5.41, 5.74) is 5.84. The molecule has 0 unspecified atom stereocenters. The van der Waals surface area contributed by atoms with E-state index in [1.807, 2.05) is 26.2 Å². The van der Waals surface area contributed by atoms with Gasteiger partial charge in [0.25, 0.3) is 11.8 Å². The molecule has 0 aliphatic carbocycles. The van der Waals surface area contributed by atoms with Crippen LogP contribution < -0.4 is 10.9 Å². The zero-order valence-corrected chi connectivity index (χ0v) is 14.0. The Morgan fingerprint density at radius 2 is 2.00 bits per heavy atom. The lowest BCUT2D eigenvalue weighted by Crippen LogP contribution is -2.41. The normalized spacial score (nSPS) is 10.5. The van der Waals surface area contributed by atoms with Crippen molar-refractivity contribution in [3.05, 3.63) is 45.4 Å². The van der Waals surface area contributed by atoms with Gasteiger partial charge < -0.3 is 0 Å². The maximum atomic E-state index is 12.0. The second kappa shape index (κ2) is 6.31. The maximum Gasteiger partial charge on any atom is 0.289 e. The first-order chi connectivity index (χ1) is 11.0. The van der Waals surface area contributed by atoms with Crippen molar-refractivity contribution in [2.24, 2.45) is 7.05 Å². The van der Waals surface area contributed by atoms with Crippen molar-refractivity contribution in [2.75, 3.05) is 0 Å². The second-order valence-corrected chi connectivity index (χ2v) is 6.91. The van der Waals surface area contributed by atoms with Crippen LogP contribution in [-0.2, 0) is 7.05 Å². The van der Waals surface area contributed by atoms with Gasteiger partial charge in [0.05, 0.1) is 11.1 Å². The zero-order chi connectivity index (χ0) is 16.4. The Morgan fingerprint density at radius 3 is 2.65 bits per heavy atom. The van der Waals surface area contributed by atoms with Gasteiger partial charge in [-0.25, -0.2) is 4.98 Å². The lowest BCUT2D eigenvalue weighted by atomic mass is 10.4. The van der Waals surface area contributed by atoms with Crippen LogP contribution in [0.1, 0.15) is 25.0 Å². The number of thiazole rings is 1. The Hall–Kier alpha value is -2.52. The number of hydrazine groups is 1. The molecular weight excluding hydrogens is 334 g/mol. The van der Waals surface area contributed by atoms with Gasteiger partial charge in [-0.05, 0) is 19.1 Å². The Balaban J connectivity index is 1.62. The molecule has 9 heteroatoms. The molecule has 3 aromatic heterocycles. The SMILES string of the molecule is Cc1ccc(C(=O)NNC(=O)c2csc(-c3cnn(C)c3)n2)s1. The van der Waals surface area contributed by atoms with E-state index >= 15 is 0 Å². The van der Waals surface area contributed by atoms with Crippen molar-refractivity contribution in [3.63, 3.8) is 0 Å². The van der Waals surface area contributed by atoms with Crippen molar-refractivity contribution >= 4 is 34.5 Å². The van der Waals surface area contributed by atoms with E-state index in [0.29, 0.717) is 9.88 Å². The van der Waals surface area contributed by atoms with Gasteiger partial charge >= 0.3 is 0 Å². The van der Waals surface area contributed by atoms with Crippen LogP contribution >= 0.6 is 22.7 Å². The number of rotatable bonds is 3. The molecule has 0 spiro atoms. The molecule has 0 saturated carbocycles. The summed E-state index contributed by atoms with van der Waals surface area (Å²) >= 11 is 2.70. The summed E-state index contributed by atoms with van der Waals surface area (Å²) in [5, 5.41) is 6.40. The minimum atomic E-state index is -0.460. The summed E-state index contributed by atoms with van der Waals surface area (Å²) in [6, 6.07) is 3.56. The van der Waals surface area contributed by atoms with Crippen molar-refractivity contribution in [1.29, 1.82) is 0 Å². The van der Waals surface area contributed by atoms with E-state index in [2.05, 4.69) is 20.9 Å². The smallest absolute Gasteiger partial charge is 0.275 e. The average molecular weight is 347 g/mol. The highest BCUT2D eigenvalue weighted by Crippen LogP contribution is 2.22. The molecule has 118 valence electrons. The quantitative estimate of drug-likeness (QED) is 0.709. The summed E-state index contributed by atoms with van der Waals surface area (Å²) in [7, 11) is 1.81. The van der Waals surface area contributed by atoms with Crippen LogP contribution in [-0.4, -0.2) is 26.6 Å². The van der Waals surface area contributed by atoms with Crippen molar-refractivity contribution in [2.45, 2.75) is 6.92 Å². The van der Waals surface area contributed by atoms with Crippen LogP contribution in [0.25, 0.3) is 10.6 Å². The third kappa shape index (κ3) is 3.46. The van der Waals surface area contributed by atoms with Crippen molar-refractivity contribution < 1.29 is 9.59 Å². The van der Waals surface area contributed by atoms with Crippen LogP contribution in [0.5, 0.6) is 0 Å². The highest BCUT2D eigenvalue weighted by Gasteiger charge is 2.14. The molecular formula is C14H13N5O2S2. The Morgan fingerprint density at radius 1 is 1.22 bits per heavy atom. The Bertz CT molecular complexity index is 864. The molecule has 23 heavy (non-hydrogen) atoms. The van der Waals surface area contributed by atoms with Gasteiger partial charge in [0, 0.05) is 29.1 Å². The number of hydrogen-bond donors (Lipinski definition) is 2. The molecule has 0 radical (unpaired) electrons. The predicted molar refractivity (Wildman–Crippen MR) is 88.3 cm³/mol. The van der Waals surface area contributed by atoms with E-state index in [4.69, 9.17) is 0 Å². The molecule has 2 N–H and O–H groups in total. The molecule has 0 aliphatic heterocycles. The molecule has 3 aromatic rings. The van der Waals surface area contributed by atoms with E-state index in [1.165, 1.54) is 22.7 Å². The molecule has 0 saturated heterocycles. The largest absolute Gasteiger partial charge is 0.289 e. The fourth-order valence-corrected chi connectivity index (χ4v) is 3.38. The first-order valence-corrected chi connectivity index (χ1v) is 8.34. The van der Waals surface area contributed by atoms with Gasteiger partial charge in [-0.3, -0.25) is 25.1 Å². The molecule has 2 amide bonds. The Labute approximate surface area is 140 Å². The first kappa shape index (κ1) is 15.4. The number of carbonyl (C=O) groups excluding carboxylic acids is 2. The van der Waals surface area contributed by atoms with Crippen LogP contribution in [0.3, 0.4) is 0 Å². The summed E-state index contributed by atoms with van der Waals surface area (Å²) in [6.07, 6.45) is 3.50. The van der Waals surface area contributed by atoms with Gasteiger partial charge in [0.1, 0.15) is 10.7 Å². The van der Waals surface area contributed by atoms with Crippen LogP contribution in [0.2, 0.25) is 0 Å². The molecule has 3 heterocycles. The lowest BCUT2D eigenvalue weighted by Gasteiger charge is -2.03. The molecule has 0 fully saturated rings. The van der Waals surface area contributed by atoms with Crippen molar-refractivity contribution in [1.82, 2.24) is 25.6 Å². The topological polar surface area (TPSA) is 88.9 Å². The van der Waals surface area contributed by atoms with E-state index in [0.717, 1.165) is 10.4 Å². The fraction of sp³-hybridized carbons (Fsp3) is 0.143. The first-order valence-electron chi connectivity index (χ1n) is 6.64. The Kier molecular flexibility index (Phi) is 4.22. The van der Waals surface area contributed by atoms with Crippen LogP contribution in [0, 0.1) is 6.92 Å². The number of amides is 2. The minimum Gasteiger partial charge on any atom is -0.275 e. The molecule has 3 rings (SSSR count). The summed E-state index contributed by atoms with van der Waals surface area (Å²) in [4.78, 5) is 29.7. The number of aryl methyl sites for hydroxylation is 2. The van der Waals surface area contributed by atoms with Crippen molar-refractivity contribution in [3.8, 4) is 10.6 Å². The monoisotopic (exact) mass is 347 g/mol. The third-order valence-electron chi connectivity index (χ3n) is 2.94. The highest BCUT2D eigenvalue weighted by atomic mass is 32.1. The van der Waals surface area contributed by atoms with Gasteiger partial charge in [0.2, 0.25) is 0 Å². The molecule has 0 aromatic carbocycles. The summed E-state index contributed by atoms with van der Waals surface area (Å²) in [6.45, 7) is 1.91. The van der Waals surface area contributed by atoms with E-state index < -0.39 is 5.91 Å². The number of nitrogens with zero attached hydrogens (tertiary/aromatic N) is 3. The lowest BCUT2D eigenvalue weighted by molar-refractivity contribution is 0.0846. The second-order valence-electron chi connectivity index (χ2n) is 4.76. The number of carbonyl (C=O) groups is 2. The van der Waals surface area contributed by atoms with E-state index in [1.54, 1.807) is 22.3 Å². The van der Waals surface area contributed by atoms with E-state index in [9.17, 15) is 9.59 Å². The maximum absolute atomic E-state index is 12.0. The number of nitrogens with one attached hydrogen (secondary N) is 2. The molecule has 7 nitrogen and oxygen atoms in total. The predicted octanol–water partition coefficient (Wildman–Crippen LogP) is 1.99. The van der Waals surface area contributed by atoms with Gasteiger partial charge in [-0.1, -0.05) is 0 Å². The van der Waals surface area contributed by atoms with Gasteiger partial charge in [0.15, 0.2) is 0 Å². The standard InChI is InChI=1S/C14H13N5O2S2/c1-8-3-4-11(23-8)13(21)18-17-12(20)10-7-22-14(16-10)9-5-15-19(2)6-9/h3-7H,1-2H3,(H,17,20)(H,18,21). The van der Waals surface area contributed by atoms with Crippen LogP contribution in [0.4, 0.5) is 0 Å². The molecule has 0 bridgehead atoms. The molecule has 0 atom stereocenters. The minimum absolute atomic E-state index is 0.247. The zero-order valence-electron chi connectivity index (χ0n) is 12.4. The summed E-state index contributed by atoms with van der Waals surface area (Å²) in [5.74, 6) is -0.808. The fourth-order valence-electron chi connectivity index (χ4n) is 1.84. The van der Waals surface area contributed by atoms with E-state index in [-0.39, 0.29) is 11.6 Å². The number of aromatic nitrogens is 3. The van der Waals surface area contributed by atoms with Gasteiger partial charge in [-0.15, -0.1) is 22.7 Å². The third-order valence-corrected chi connectivity index (χ3v) is 4.83. The number of thiophene rings is 1. The highest BCUT2D eigenvalue weighted by molar-refractivity contribution is 7.14. The number of hydrogen-bond acceptors (Lipinski definition) is 6.